The van der Waals surface area contributed by atoms with Gasteiger partial charge in [-0.2, -0.15) is 0 Å². The van der Waals surface area contributed by atoms with Gasteiger partial charge in [0.15, 0.2) is 0 Å². The topological polar surface area (TPSA) is 59.6 Å². The number of halogens is 1. The van der Waals surface area contributed by atoms with Gasteiger partial charge in [-0.05, 0) is 54.8 Å². The summed E-state index contributed by atoms with van der Waals surface area (Å²) < 4.78 is 10.6. The molecular weight excluding hydrogens is 376 g/mol. The van der Waals surface area contributed by atoms with E-state index in [0.29, 0.717) is 13.2 Å². The Bertz CT molecular complexity index is 753. The zero-order chi connectivity index (χ0) is 19.1. The third-order valence-electron chi connectivity index (χ3n) is 5.27. The first kappa shape index (κ1) is 22.2. The second kappa shape index (κ2) is 10.5. The van der Waals surface area contributed by atoms with Crippen LogP contribution in [0.15, 0.2) is 48.5 Å². The van der Waals surface area contributed by atoms with E-state index in [1.54, 1.807) is 14.2 Å². The largest absolute Gasteiger partial charge is 0.497 e. The second-order valence-corrected chi connectivity index (χ2v) is 7.07. The average Bonchev–Trinajstić information content (AvgIpc) is 2.73. The van der Waals surface area contributed by atoms with Gasteiger partial charge in [0.1, 0.15) is 5.75 Å². The van der Waals surface area contributed by atoms with Crippen LogP contribution < -0.4 is 15.4 Å². The van der Waals surface area contributed by atoms with Crippen molar-refractivity contribution >= 4 is 18.3 Å². The van der Waals surface area contributed by atoms with Crippen molar-refractivity contribution in [3.05, 3.63) is 54.1 Å². The van der Waals surface area contributed by atoms with Crippen LogP contribution in [0.25, 0.3) is 11.1 Å². The van der Waals surface area contributed by atoms with Crippen LogP contribution in [-0.4, -0.2) is 39.8 Å². The Morgan fingerprint density at radius 1 is 1.07 bits per heavy atom. The van der Waals surface area contributed by atoms with Crippen LogP contribution in [0, 0.1) is 5.41 Å². The fraction of sp³-hybridized carbons (Fsp3) is 0.409. The lowest BCUT2D eigenvalue weighted by atomic mass is 9.78. The number of hydrogen-bond acceptors (Lipinski definition) is 4. The zero-order valence-corrected chi connectivity index (χ0v) is 17.3. The number of piperidine rings is 1. The molecule has 0 unspecified atom stereocenters. The Balaban J connectivity index is 0.00000280. The van der Waals surface area contributed by atoms with Crippen molar-refractivity contribution < 1.29 is 14.3 Å². The summed E-state index contributed by atoms with van der Waals surface area (Å²) in [5.74, 6) is 0.928. The maximum atomic E-state index is 12.8. The minimum atomic E-state index is -0.416. The van der Waals surface area contributed by atoms with Crippen LogP contribution in [0.1, 0.15) is 18.4 Å². The van der Waals surface area contributed by atoms with E-state index in [9.17, 15) is 4.79 Å². The van der Waals surface area contributed by atoms with Crippen molar-refractivity contribution in [3.63, 3.8) is 0 Å². The highest BCUT2D eigenvalue weighted by molar-refractivity contribution is 5.85. The molecule has 0 aromatic heterocycles. The third-order valence-corrected chi connectivity index (χ3v) is 5.27. The number of benzene rings is 2. The molecule has 0 bridgehead atoms. The highest BCUT2D eigenvalue weighted by atomic mass is 35.5. The lowest BCUT2D eigenvalue weighted by Gasteiger charge is -2.35. The minimum absolute atomic E-state index is 0. The molecule has 2 N–H and O–H groups in total. The standard InChI is InChI=1S/C22H28N2O3.ClH/c1-26-16-22(10-12-23-13-11-22)21(25)24-15-17-6-8-18(9-7-17)19-4-3-5-20(14-19)27-2;/h3-9,14,23H,10-13,15-16H2,1-2H3,(H,24,25);1H. The van der Waals surface area contributed by atoms with Crippen molar-refractivity contribution in [2.45, 2.75) is 19.4 Å². The first-order valence-electron chi connectivity index (χ1n) is 9.38. The molecule has 1 amide bonds. The van der Waals surface area contributed by atoms with Crippen LogP contribution in [0.4, 0.5) is 0 Å². The minimum Gasteiger partial charge on any atom is -0.497 e. The Labute approximate surface area is 173 Å². The summed E-state index contributed by atoms with van der Waals surface area (Å²) in [6.45, 7) is 2.70. The Morgan fingerprint density at radius 2 is 1.79 bits per heavy atom. The monoisotopic (exact) mass is 404 g/mol. The number of amides is 1. The zero-order valence-electron chi connectivity index (χ0n) is 16.5. The molecule has 0 atom stereocenters. The van der Waals surface area contributed by atoms with Crippen LogP contribution in [0.2, 0.25) is 0 Å². The molecule has 0 radical (unpaired) electrons. The molecule has 0 spiro atoms. The maximum Gasteiger partial charge on any atom is 0.228 e. The van der Waals surface area contributed by atoms with E-state index in [2.05, 4.69) is 41.0 Å². The highest BCUT2D eigenvalue weighted by Crippen LogP contribution is 2.29. The van der Waals surface area contributed by atoms with Gasteiger partial charge in [0.2, 0.25) is 5.91 Å². The van der Waals surface area contributed by atoms with Crippen molar-refractivity contribution in [3.8, 4) is 16.9 Å². The molecule has 5 nitrogen and oxygen atoms in total. The summed E-state index contributed by atoms with van der Waals surface area (Å²) in [6, 6.07) is 16.3. The summed E-state index contributed by atoms with van der Waals surface area (Å²) >= 11 is 0. The number of ether oxygens (including phenoxy) is 2. The predicted molar refractivity (Wildman–Crippen MR) is 114 cm³/mol. The van der Waals surface area contributed by atoms with Gasteiger partial charge < -0.3 is 20.1 Å². The van der Waals surface area contributed by atoms with Crippen molar-refractivity contribution in [1.82, 2.24) is 10.6 Å². The van der Waals surface area contributed by atoms with E-state index in [1.165, 1.54) is 0 Å². The molecular formula is C22H29ClN2O3. The quantitative estimate of drug-likeness (QED) is 0.742. The Kier molecular flexibility index (Phi) is 8.30. The summed E-state index contributed by atoms with van der Waals surface area (Å²) in [6.07, 6.45) is 1.61. The number of methoxy groups -OCH3 is 2. The maximum absolute atomic E-state index is 12.8. The highest BCUT2D eigenvalue weighted by Gasteiger charge is 2.39. The molecule has 1 aliphatic heterocycles. The van der Waals surface area contributed by atoms with Crippen LogP contribution >= 0.6 is 12.4 Å². The number of rotatable bonds is 7. The molecule has 1 heterocycles. The summed E-state index contributed by atoms with van der Waals surface area (Å²) in [5.41, 5.74) is 2.90. The van der Waals surface area contributed by atoms with Crippen LogP contribution in [0.5, 0.6) is 5.75 Å². The van der Waals surface area contributed by atoms with Gasteiger partial charge in [-0.1, -0.05) is 36.4 Å². The van der Waals surface area contributed by atoms with Crippen molar-refractivity contribution in [2.75, 3.05) is 33.9 Å². The number of hydrogen-bond donors (Lipinski definition) is 2. The number of carbonyl (C=O) groups is 1. The fourth-order valence-corrected chi connectivity index (χ4v) is 3.61. The van der Waals surface area contributed by atoms with E-state index in [4.69, 9.17) is 9.47 Å². The first-order chi connectivity index (χ1) is 13.2. The van der Waals surface area contributed by atoms with Crippen molar-refractivity contribution in [1.29, 1.82) is 0 Å². The molecule has 152 valence electrons. The van der Waals surface area contributed by atoms with Gasteiger partial charge in [-0.25, -0.2) is 0 Å². The summed E-state index contributed by atoms with van der Waals surface area (Å²) in [4.78, 5) is 12.8. The van der Waals surface area contributed by atoms with E-state index in [1.807, 2.05) is 18.2 Å². The lowest BCUT2D eigenvalue weighted by Crippen LogP contribution is -2.49. The summed E-state index contributed by atoms with van der Waals surface area (Å²) in [5, 5.41) is 6.42. The van der Waals surface area contributed by atoms with E-state index in [-0.39, 0.29) is 18.3 Å². The van der Waals surface area contributed by atoms with Gasteiger partial charge in [-0.15, -0.1) is 12.4 Å². The smallest absolute Gasteiger partial charge is 0.228 e. The molecule has 0 aliphatic carbocycles. The molecule has 0 saturated carbocycles. The van der Waals surface area contributed by atoms with E-state index in [0.717, 1.165) is 48.4 Å². The van der Waals surface area contributed by atoms with Gasteiger partial charge in [-0.3, -0.25) is 4.79 Å². The third kappa shape index (κ3) is 5.25. The van der Waals surface area contributed by atoms with Gasteiger partial charge in [0.05, 0.1) is 19.1 Å². The molecule has 28 heavy (non-hydrogen) atoms. The van der Waals surface area contributed by atoms with E-state index < -0.39 is 5.41 Å². The van der Waals surface area contributed by atoms with Crippen LogP contribution in [-0.2, 0) is 16.1 Å². The molecule has 2 aromatic carbocycles. The molecule has 2 aromatic rings. The normalized spacial score (nSPS) is 15.4. The predicted octanol–water partition coefficient (Wildman–Crippen LogP) is 3.42. The lowest BCUT2D eigenvalue weighted by molar-refractivity contribution is -0.136. The number of carbonyl (C=O) groups excluding carboxylic acids is 1. The first-order valence-corrected chi connectivity index (χ1v) is 9.38. The van der Waals surface area contributed by atoms with E-state index >= 15 is 0 Å². The second-order valence-electron chi connectivity index (χ2n) is 7.07. The van der Waals surface area contributed by atoms with Gasteiger partial charge >= 0.3 is 0 Å². The fourth-order valence-electron chi connectivity index (χ4n) is 3.61. The molecule has 1 aliphatic rings. The molecule has 1 fully saturated rings. The SMILES string of the molecule is COCC1(C(=O)NCc2ccc(-c3cccc(OC)c3)cc2)CCNCC1.Cl. The summed E-state index contributed by atoms with van der Waals surface area (Å²) in [7, 11) is 3.33. The average molecular weight is 405 g/mol. The van der Waals surface area contributed by atoms with Crippen LogP contribution in [0.3, 0.4) is 0 Å². The Hall–Kier alpha value is -2.08. The molecule has 6 heteroatoms. The molecule has 1 saturated heterocycles. The van der Waals surface area contributed by atoms with Gasteiger partial charge in [0, 0.05) is 13.7 Å². The number of nitrogens with one attached hydrogen (secondary N) is 2. The molecule has 3 rings (SSSR count). The van der Waals surface area contributed by atoms with Crippen molar-refractivity contribution in [2.24, 2.45) is 5.41 Å². The Morgan fingerprint density at radius 3 is 2.43 bits per heavy atom. The van der Waals surface area contributed by atoms with Gasteiger partial charge in [0.25, 0.3) is 0 Å².